The Kier molecular flexibility index (Phi) is 6.80. The second-order valence-electron chi connectivity index (χ2n) is 8.40. The standard InChI is InChI=1S/C26H25BrClNO2/c1-26(29-25(30)15-18-5-3-2-4-6-18)16-23(19-7-11-21(27)12-8-19)31-24(17-26)20-9-13-22(28)14-10-20/h2-14,23-24H,15-17H2,1H3,(H,29,30)/t23-,24+,26-/m1/s1. The van der Waals surface area contributed by atoms with Gasteiger partial charge in [-0.15, -0.1) is 0 Å². The first-order valence-electron chi connectivity index (χ1n) is 10.4. The lowest BCUT2D eigenvalue weighted by Crippen LogP contribution is -2.51. The number of rotatable bonds is 5. The highest BCUT2D eigenvalue weighted by Gasteiger charge is 2.40. The van der Waals surface area contributed by atoms with Gasteiger partial charge in [0.25, 0.3) is 0 Å². The lowest BCUT2D eigenvalue weighted by atomic mass is 9.81. The smallest absolute Gasteiger partial charge is 0.224 e. The van der Waals surface area contributed by atoms with Crippen LogP contribution >= 0.6 is 27.5 Å². The van der Waals surface area contributed by atoms with Gasteiger partial charge in [-0.2, -0.15) is 0 Å². The molecule has 31 heavy (non-hydrogen) atoms. The number of halogens is 2. The first kappa shape index (κ1) is 22.1. The minimum atomic E-state index is -0.397. The molecule has 0 radical (unpaired) electrons. The van der Waals surface area contributed by atoms with Gasteiger partial charge in [0.05, 0.1) is 18.6 Å². The number of nitrogens with one attached hydrogen (secondary N) is 1. The molecule has 3 atom stereocenters. The largest absolute Gasteiger partial charge is 0.365 e. The molecule has 3 aromatic carbocycles. The molecule has 0 aromatic heterocycles. The zero-order valence-corrected chi connectivity index (χ0v) is 19.7. The number of ether oxygens (including phenoxy) is 1. The van der Waals surface area contributed by atoms with Gasteiger partial charge in [-0.3, -0.25) is 4.79 Å². The Morgan fingerprint density at radius 3 is 2.10 bits per heavy atom. The molecule has 0 unspecified atom stereocenters. The van der Waals surface area contributed by atoms with Crippen molar-refractivity contribution in [1.82, 2.24) is 5.32 Å². The van der Waals surface area contributed by atoms with Gasteiger partial charge in [0.2, 0.25) is 5.91 Å². The SMILES string of the molecule is C[C@]1(NC(=O)Cc2ccccc2)C[C@@H](c2ccc(Cl)cc2)O[C@@H](c2ccc(Br)cc2)C1. The Bertz CT molecular complexity index is 968. The monoisotopic (exact) mass is 497 g/mol. The summed E-state index contributed by atoms with van der Waals surface area (Å²) in [6, 6.07) is 25.8. The van der Waals surface area contributed by atoms with Crippen LogP contribution in [0.25, 0.3) is 0 Å². The van der Waals surface area contributed by atoms with Crippen LogP contribution in [0.15, 0.2) is 83.3 Å². The molecule has 3 nitrogen and oxygen atoms in total. The molecule has 4 rings (SSSR count). The van der Waals surface area contributed by atoms with Gasteiger partial charge in [0.1, 0.15) is 0 Å². The predicted octanol–water partition coefficient (Wildman–Crippen LogP) is 6.81. The minimum absolute atomic E-state index is 0.0278. The van der Waals surface area contributed by atoms with Crippen LogP contribution in [0, 0.1) is 0 Å². The molecule has 0 spiro atoms. The van der Waals surface area contributed by atoms with Crippen molar-refractivity contribution in [2.45, 2.75) is 43.9 Å². The van der Waals surface area contributed by atoms with Crippen molar-refractivity contribution in [3.05, 3.63) is 105 Å². The van der Waals surface area contributed by atoms with E-state index >= 15 is 0 Å². The maximum Gasteiger partial charge on any atom is 0.224 e. The summed E-state index contributed by atoms with van der Waals surface area (Å²) < 4.78 is 7.55. The molecule has 1 aliphatic rings. The molecular weight excluding hydrogens is 474 g/mol. The van der Waals surface area contributed by atoms with Crippen LogP contribution < -0.4 is 5.32 Å². The number of hydrogen-bond acceptors (Lipinski definition) is 2. The Balaban J connectivity index is 1.57. The van der Waals surface area contributed by atoms with E-state index in [9.17, 15) is 4.79 Å². The fourth-order valence-corrected chi connectivity index (χ4v) is 4.60. The quantitative estimate of drug-likeness (QED) is 0.419. The molecule has 5 heteroatoms. The summed E-state index contributed by atoms with van der Waals surface area (Å²) in [5.74, 6) is 0.0278. The second kappa shape index (κ2) is 9.56. The minimum Gasteiger partial charge on any atom is -0.365 e. The van der Waals surface area contributed by atoms with Crippen LogP contribution in [-0.4, -0.2) is 11.4 Å². The summed E-state index contributed by atoms with van der Waals surface area (Å²) >= 11 is 9.59. The summed E-state index contributed by atoms with van der Waals surface area (Å²) in [7, 11) is 0. The van der Waals surface area contributed by atoms with Crippen molar-refractivity contribution >= 4 is 33.4 Å². The number of amides is 1. The van der Waals surface area contributed by atoms with E-state index < -0.39 is 5.54 Å². The van der Waals surface area contributed by atoms with Crippen molar-refractivity contribution in [3.63, 3.8) is 0 Å². The topological polar surface area (TPSA) is 38.3 Å². The van der Waals surface area contributed by atoms with Crippen LogP contribution in [0.4, 0.5) is 0 Å². The average molecular weight is 499 g/mol. The molecule has 160 valence electrons. The first-order valence-corrected chi connectivity index (χ1v) is 11.6. The Labute approximate surface area is 196 Å². The van der Waals surface area contributed by atoms with Crippen molar-refractivity contribution in [3.8, 4) is 0 Å². The molecule has 1 aliphatic heterocycles. The van der Waals surface area contributed by atoms with Crippen molar-refractivity contribution < 1.29 is 9.53 Å². The predicted molar refractivity (Wildman–Crippen MR) is 128 cm³/mol. The number of carbonyl (C=O) groups excluding carboxylic acids is 1. The Morgan fingerprint density at radius 2 is 1.52 bits per heavy atom. The molecule has 3 aromatic rings. The van der Waals surface area contributed by atoms with Gasteiger partial charge in [0, 0.05) is 27.9 Å². The van der Waals surface area contributed by atoms with Gasteiger partial charge in [-0.25, -0.2) is 0 Å². The van der Waals surface area contributed by atoms with E-state index in [-0.39, 0.29) is 18.1 Å². The molecule has 0 saturated carbocycles. The molecule has 0 bridgehead atoms. The van der Waals surface area contributed by atoms with Gasteiger partial charge < -0.3 is 10.1 Å². The van der Waals surface area contributed by atoms with E-state index in [1.165, 1.54) is 0 Å². The molecule has 1 heterocycles. The van der Waals surface area contributed by atoms with E-state index in [2.05, 4.69) is 40.3 Å². The summed E-state index contributed by atoms with van der Waals surface area (Å²) in [5, 5.41) is 4.01. The first-order chi connectivity index (χ1) is 14.9. The average Bonchev–Trinajstić information content (AvgIpc) is 2.74. The third-order valence-electron chi connectivity index (χ3n) is 5.73. The molecule has 0 aliphatic carbocycles. The number of hydrogen-bond donors (Lipinski definition) is 1. The fourth-order valence-electron chi connectivity index (χ4n) is 4.21. The third-order valence-corrected chi connectivity index (χ3v) is 6.51. The highest BCUT2D eigenvalue weighted by Crippen LogP contribution is 2.44. The number of carbonyl (C=O) groups is 1. The molecule has 1 N–H and O–H groups in total. The summed E-state index contributed by atoms with van der Waals surface area (Å²) in [6.45, 7) is 2.12. The molecule has 1 amide bonds. The summed E-state index contributed by atoms with van der Waals surface area (Å²) in [6.07, 6.45) is 1.51. The summed E-state index contributed by atoms with van der Waals surface area (Å²) in [5.41, 5.74) is 2.78. The zero-order valence-electron chi connectivity index (χ0n) is 17.4. The zero-order chi connectivity index (χ0) is 21.8. The fraction of sp³-hybridized carbons (Fsp3) is 0.269. The normalized spacial score (nSPS) is 23.3. The Morgan fingerprint density at radius 1 is 0.968 bits per heavy atom. The summed E-state index contributed by atoms with van der Waals surface area (Å²) in [4.78, 5) is 12.9. The van der Waals surface area contributed by atoms with Crippen molar-refractivity contribution in [2.24, 2.45) is 0 Å². The van der Waals surface area contributed by atoms with E-state index in [4.69, 9.17) is 16.3 Å². The van der Waals surface area contributed by atoms with Gasteiger partial charge in [-0.1, -0.05) is 82.1 Å². The van der Waals surface area contributed by atoms with E-state index in [0.29, 0.717) is 24.3 Å². The van der Waals surface area contributed by atoms with Crippen LogP contribution in [0.1, 0.15) is 48.7 Å². The van der Waals surface area contributed by atoms with Crippen LogP contribution in [0.2, 0.25) is 5.02 Å². The van der Waals surface area contributed by atoms with E-state index in [0.717, 1.165) is 21.2 Å². The van der Waals surface area contributed by atoms with Crippen molar-refractivity contribution in [2.75, 3.05) is 0 Å². The van der Waals surface area contributed by atoms with Gasteiger partial charge in [-0.05, 0) is 47.9 Å². The van der Waals surface area contributed by atoms with E-state index in [1.807, 2.05) is 66.7 Å². The highest BCUT2D eigenvalue weighted by molar-refractivity contribution is 9.10. The lowest BCUT2D eigenvalue weighted by molar-refractivity contribution is -0.128. The van der Waals surface area contributed by atoms with E-state index in [1.54, 1.807) is 0 Å². The molecule has 1 saturated heterocycles. The van der Waals surface area contributed by atoms with Crippen LogP contribution in [0.5, 0.6) is 0 Å². The maximum atomic E-state index is 12.9. The Hall–Kier alpha value is -2.14. The van der Waals surface area contributed by atoms with Gasteiger partial charge in [0.15, 0.2) is 0 Å². The number of benzene rings is 3. The van der Waals surface area contributed by atoms with Crippen molar-refractivity contribution in [1.29, 1.82) is 0 Å². The van der Waals surface area contributed by atoms with Crippen LogP contribution in [-0.2, 0) is 16.0 Å². The van der Waals surface area contributed by atoms with Crippen LogP contribution in [0.3, 0.4) is 0 Å². The second-order valence-corrected chi connectivity index (χ2v) is 9.75. The maximum absolute atomic E-state index is 12.9. The molecule has 1 fully saturated rings. The third kappa shape index (κ3) is 5.76. The molecular formula is C26H25BrClNO2. The lowest BCUT2D eigenvalue weighted by Gasteiger charge is -2.43. The highest BCUT2D eigenvalue weighted by atomic mass is 79.9. The van der Waals surface area contributed by atoms with Gasteiger partial charge >= 0.3 is 0 Å².